The van der Waals surface area contributed by atoms with Crippen LogP contribution in [0.4, 0.5) is 5.69 Å². The van der Waals surface area contributed by atoms with Gasteiger partial charge < -0.3 is 5.11 Å². The number of aromatic hydroxyl groups is 1. The van der Waals surface area contributed by atoms with Crippen LogP contribution in [0.3, 0.4) is 0 Å². The van der Waals surface area contributed by atoms with Crippen molar-refractivity contribution in [2.24, 2.45) is 4.99 Å². The lowest BCUT2D eigenvalue weighted by Gasteiger charge is -2.15. The number of nitro groups is 1. The SMILES string of the molecule is O=[N+]([O-])c1ccc(O)c(C=NC2CCCCCCC2)c1. The number of phenolic OH excluding ortho intramolecular Hbond substituents is 1. The molecule has 0 heterocycles. The molecule has 5 nitrogen and oxygen atoms in total. The molecule has 1 aliphatic carbocycles. The Kier molecular flexibility index (Phi) is 5.09. The number of aliphatic imine (C=N–C) groups is 1. The maximum atomic E-state index is 10.7. The molecule has 1 fully saturated rings. The van der Waals surface area contributed by atoms with Crippen molar-refractivity contribution in [2.75, 3.05) is 0 Å². The van der Waals surface area contributed by atoms with Gasteiger partial charge in [-0.25, -0.2) is 0 Å². The predicted molar refractivity (Wildman–Crippen MR) is 78.5 cm³/mol. The average molecular weight is 276 g/mol. The highest BCUT2D eigenvalue weighted by Crippen LogP contribution is 2.23. The second-order valence-electron chi connectivity index (χ2n) is 5.28. The quantitative estimate of drug-likeness (QED) is 0.518. The molecule has 2 rings (SSSR count). The summed E-state index contributed by atoms with van der Waals surface area (Å²) >= 11 is 0. The van der Waals surface area contributed by atoms with Crippen LogP contribution in [0.2, 0.25) is 0 Å². The molecule has 1 saturated carbocycles. The molecule has 1 aromatic rings. The van der Waals surface area contributed by atoms with Crippen molar-refractivity contribution in [3.8, 4) is 5.75 Å². The molecule has 1 aromatic carbocycles. The van der Waals surface area contributed by atoms with Crippen molar-refractivity contribution in [1.82, 2.24) is 0 Å². The zero-order valence-electron chi connectivity index (χ0n) is 11.5. The smallest absolute Gasteiger partial charge is 0.270 e. The summed E-state index contributed by atoms with van der Waals surface area (Å²) in [4.78, 5) is 14.8. The fourth-order valence-corrected chi connectivity index (χ4v) is 2.53. The number of benzene rings is 1. The lowest BCUT2D eigenvalue weighted by atomic mass is 9.97. The molecule has 0 aliphatic heterocycles. The lowest BCUT2D eigenvalue weighted by molar-refractivity contribution is -0.384. The summed E-state index contributed by atoms with van der Waals surface area (Å²) < 4.78 is 0. The Bertz CT molecular complexity index is 492. The zero-order chi connectivity index (χ0) is 14.4. The Balaban J connectivity index is 2.09. The summed E-state index contributed by atoms with van der Waals surface area (Å²) in [5, 5.41) is 20.5. The van der Waals surface area contributed by atoms with E-state index in [-0.39, 0.29) is 17.5 Å². The molecule has 5 heteroatoms. The fourth-order valence-electron chi connectivity index (χ4n) is 2.53. The topological polar surface area (TPSA) is 75.7 Å². The minimum absolute atomic E-state index is 0.0260. The van der Waals surface area contributed by atoms with E-state index in [1.807, 2.05) is 0 Å². The first-order valence-electron chi connectivity index (χ1n) is 7.17. The maximum absolute atomic E-state index is 10.7. The highest BCUT2D eigenvalue weighted by atomic mass is 16.6. The van der Waals surface area contributed by atoms with E-state index in [1.165, 1.54) is 50.3 Å². The van der Waals surface area contributed by atoms with Crippen molar-refractivity contribution in [1.29, 1.82) is 0 Å². The van der Waals surface area contributed by atoms with Crippen molar-refractivity contribution in [3.05, 3.63) is 33.9 Å². The maximum Gasteiger partial charge on any atom is 0.270 e. The standard InChI is InChI=1S/C15H20N2O3/c18-15-9-8-14(17(19)20)10-12(15)11-16-13-6-4-2-1-3-5-7-13/h8-11,13,18H,1-7H2. The molecule has 0 bridgehead atoms. The van der Waals surface area contributed by atoms with E-state index in [0.717, 1.165) is 12.8 Å². The van der Waals surface area contributed by atoms with Crippen LogP contribution < -0.4 is 0 Å². The van der Waals surface area contributed by atoms with E-state index >= 15 is 0 Å². The summed E-state index contributed by atoms with van der Waals surface area (Å²) in [5.74, 6) is 0.0326. The molecular weight excluding hydrogens is 256 g/mol. The molecule has 1 aliphatic rings. The minimum Gasteiger partial charge on any atom is -0.507 e. The molecule has 1 N–H and O–H groups in total. The Morgan fingerprint density at radius 2 is 1.85 bits per heavy atom. The predicted octanol–water partition coefficient (Wildman–Crippen LogP) is 3.83. The van der Waals surface area contributed by atoms with Gasteiger partial charge in [0.1, 0.15) is 5.75 Å². The molecule has 0 saturated heterocycles. The third-order valence-corrected chi connectivity index (χ3v) is 3.72. The summed E-state index contributed by atoms with van der Waals surface area (Å²) in [5.41, 5.74) is 0.392. The number of nitrogens with zero attached hydrogens (tertiary/aromatic N) is 2. The van der Waals surface area contributed by atoms with Crippen molar-refractivity contribution in [2.45, 2.75) is 51.0 Å². The second-order valence-corrected chi connectivity index (χ2v) is 5.28. The van der Waals surface area contributed by atoms with E-state index < -0.39 is 4.92 Å². The number of hydrogen-bond donors (Lipinski definition) is 1. The van der Waals surface area contributed by atoms with Gasteiger partial charge in [0, 0.05) is 30.0 Å². The molecule has 20 heavy (non-hydrogen) atoms. The number of hydrogen-bond acceptors (Lipinski definition) is 4. The van der Waals surface area contributed by atoms with Gasteiger partial charge in [0.05, 0.1) is 4.92 Å². The number of phenols is 1. The molecule has 0 aromatic heterocycles. The van der Waals surface area contributed by atoms with Crippen LogP contribution >= 0.6 is 0 Å². The van der Waals surface area contributed by atoms with Gasteiger partial charge in [-0.15, -0.1) is 0 Å². The summed E-state index contributed by atoms with van der Waals surface area (Å²) in [6.07, 6.45) is 9.89. The Morgan fingerprint density at radius 1 is 1.20 bits per heavy atom. The van der Waals surface area contributed by atoms with Crippen molar-refractivity contribution in [3.63, 3.8) is 0 Å². The third-order valence-electron chi connectivity index (χ3n) is 3.72. The summed E-state index contributed by atoms with van der Waals surface area (Å²) in [6.45, 7) is 0. The van der Waals surface area contributed by atoms with Crippen LogP contribution in [0.15, 0.2) is 23.2 Å². The monoisotopic (exact) mass is 276 g/mol. The van der Waals surface area contributed by atoms with Crippen molar-refractivity contribution < 1.29 is 10.0 Å². The van der Waals surface area contributed by atoms with Gasteiger partial charge in [0.25, 0.3) is 5.69 Å². The largest absolute Gasteiger partial charge is 0.507 e. The Labute approximate surface area is 118 Å². The minimum atomic E-state index is -0.466. The Morgan fingerprint density at radius 3 is 2.50 bits per heavy atom. The number of non-ortho nitro benzene ring substituents is 1. The third kappa shape index (κ3) is 4.05. The van der Waals surface area contributed by atoms with E-state index in [9.17, 15) is 15.2 Å². The van der Waals surface area contributed by atoms with Gasteiger partial charge in [-0.2, -0.15) is 0 Å². The van der Waals surface area contributed by atoms with Crippen LogP contribution in [-0.4, -0.2) is 22.3 Å². The molecule has 0 amide bonds. The highest BCUT2D eigenvalue weighted by Gasteiger charge is 2.11. The molecule has 0 radical (unpaired) electrons. The fraction of sp³-hybridized carbons (Fsp3) is 0.533. The van der Waals surface area contributed by atoms with Gasteiger partial charge in [0.2, 0.25) is 0 Å². The normalized spacial score (nSPS) is 17.8. The van der Waals surface area contributed by atoms with Crippen LogP contribution in [-0.2, 0) is 0 Å². The first-order chi connectivity index (χ1) is 9.66. The first kappa shape index (κ1) is 14.5. The lowest BCUT2D eigenvalue weighted by Crippen LogP contribution is -2.07. The molecule has 108 valence electrons. The van der Waals surface area contributed by atoms with Crippen LogP contribution in [0.5, 0.6) is 5.75 Å². The number of nitro benzene ring substituents is 1. The van der Waals surface area contributed by atoms with Gasteiger partial charge in [-0.3, -0.25) is 15.1 Å². The number of rotatable bonds is 3. The van der Waals surface area contributed by atoms with Gasteiger partial charge >= 0.3 is 0 Å². The Hall–Kier alpha value is -1.91. The van der Waals surface area contributed by atoms with Gasteiger partial charge in [0.15, 0.2) is 0 Å². The van der Waals surface area contributed by atoms with Gasteiger partial charge in [-0.1, -0.05) is 32.1 Å². The van der Waals surface area contributed by atoms with Crippen LogP contribution in [0.1, 0.15) is 50.5 Å². The van der Waals surface area contributed by atoms with Crippen LogP contribution in [0.25, 0.3) is 0 Å². The first-order valence-corrected chi connectivity index (χ1v) is 7.17. The second kappa shape index (κ2) is 7.03. The van der Waals surface area contributed by atoms with Crippen molar-refractivity contribution >= 4 is 11.9 Å². The van der Waals surface area contributed by atoms with Crippen LogP contribution in [0, 0.1) is 10.1 Å². The molecule has 0 spiro atoms. The van der Waals surface area contributed by atoms with Gasteiger partial charge in [-0.05, 0) is 18.9 Å². The molecule has 0 atom stereocenters. The molecular formula is C15H20N2O3. The highest BCUT2D eigenvalue weighted by molar-refractivity contribution is 5.84. The van der Waals surface area contributed by atoms with E-state index in [4.69, 9.17) is 0 Å². The van der Waals surface area contributed by atoms with E-state index in [2.05, 4.69) is 4.99 Å². The summed E-state index contributed by atoms with van der Waals surface area (Å²) in [6, 6.07) is 4.27. The zero-order valence-corrected chi connectivity index (χ0v) is 11.5. The van der Waals surface area contributed by atoms with E-state index in [1.54, 1.807) is 6.21 Å². The average Bonchev–Trinajstić information content (AvgIpc) is 2.39. The van der Waals surface area contributed by atoms with E-state index in [0.29, 0.717) is 5.56 Å². The summed E-state index contributed by atoms with van der Waals surface area (Å²) in [7, 11) is 0. The molecule has 0 unspecified atom stereocenters.